The fraction of sp³-hybridized carbons (Fsp3) is 0.846. The summed E-state index contributed by atoms with van der Waals surface area (Å²) in [6.07, 6.45) is 11.4. The van der Waals surface area contributed by atoms with Crippen molar-refractivity contribution in [1.82, 2.24) is 5.32 Å². The zero-order valence-corrected chi connectivity index (χ0v) is 9.77. The second kappa shape index (κ2) is 4.84. The molecule has 0 saturated heterocycles. The normalized spacial score (nSPS) is 27.1. The van der Waals surface area contributed by atoms with Gasteiger partial charge in [-0.15, -0.1) is 12.3 Å². The Morgan fingerprint density at radius 1 is 1.57 bits per heavy atom. The Hall–Kier alpha value is -0.480. The highest BCUT2D eigenvalue weighted by Gasteiger charge is 2.34. The van der Waals surface area contributed by atoms with E-state index in [0.29, 0.717) is 17.5 Å². The second-order valence-electron chi connectivity index (χ2n) is 5.11. The molecule has 1 saturated carbocycles. The molecule has 1 N–H and O–H groups in total. The van der Waals surface area contributed by atoms with Gasteiger partial charge in [-0.05, 0) is 24.7 Å². The second-order valence-corrected chi connectivity index (χ2v) is 5.11. The Bertz CT molecular complexity index is 212. The maximum atomic E-state index is 5.36. The van der Waals surface area contributed by atoms with Crippen molar-refractivity contribution in [2.75, 3.05) is 0 Å². The molecule has 1 nitrogen and oxygen atoms in total. The first-order valence-electron chi connectivity index (χ1n) is 5.79. The minimum absolute atomic E-state index is 0.460. The van der Waals surface area contributed by atoms with E-state index in [1.54, 1.807) is 0 Å². The Balaban J connectivity index is 2.46. The smallest absolute Gasteiger partial charge is 0.0240 e. The summed E-state index contributed by atoms with van der Waals surface area (Å²) in [5.41, 5.74) is 0.460. The highest BCUT2D eigenvalue weighted by Crippen LogP contribution is 2.37. The van der Waals surface area contributed by atoms with E-state index in [2.05, 4.69) is 32.0 Å². The SMILES string of the molecule is C#CCC(CC)NC1CCCC1(C)C. The summed E-state index contributed by atoms with van der Waals surface area (Å²) in [5, 5.41) is 3.71. The monoisotopic (exact) mass is 193 g/mol. The van der Waals surface area contributed by atoms with Crippen molar-refractivity contribution in [2.45, 2.75) is 65.0 Å². The van der Waals surface area contributed by atoms with E-state index in [9.17, 15) is 0 Å². The minimum atomic E-state index is 0.460. The predicted molar refractivity (Wildman–Crippen MR) is 62.1 cm³/mol. The molecule has 0 aromatic rings. The third-order valence-corrected chi connectivity index (χ3v) is 3.55. The largest absolute Gasteiger partial charge is 0.310 e. The molecule has 2 unspecified atom stereocenters. The molecule has 1 aliphatic carbocycles. The van der Waals surface area contributed by atoms with Crippen molar-refractivity contribution in [3.8, 4) is 12.3 Å². The summed E-state index contributed by atoms with van der Waals surface area (Å²) >= 11 is 0. The van der Waals surface area contributed by atoms with Crippen LogP contribution in [0.15, 0.2) is 0 Å². The quantitative estimate of drug-likeness (QED) is 0.677. The van der Waals surface area contributed by atoms with Crippen LogP contribution in [-0.2, 0) is 0 Å². The van der Waals surface area contributed by atoms with Crippen LogP contribution < -0.4 is 5.32 Å². The maximum absolute atomic E-state index is 5.36. The molecule has 1 fully saturated rings. The van der Waals surface area contributed by atoms with Crippen molar-refractivity contribution >= 4 is 0 Å². The van der Waals surface area contributed by atoms with E-state index in [4.69, 9.17) is 6.42 Å². The first-order chi connectivity index (χ1) is 6.60. The van der Waals surface area contributed by atoms with Crippen LogP contribution in [-0.4, -0.2) is 12.1 Å². The summed E-state index contributed by atoms with van der Waals surface area (Å²) in [4.78, 5) is 0. The van der Waals surface area contributed by atoms with E-state index in [1.165, 1.54) is 19.3 Å². The summed E-state index contributed by atoms with van der Waals surface area (Å²) in [6.45, 7) is 6.93. The highest BCUT2D eigenvalue weighted by atomic mass is 15.0. The Kier molecular flexibility index (Phi) is 4.01. The van der Waals surface area contributed by atoms with Crippen LogP contribution in [0.1, 0.15) is 52.9 Å². The van der Waals surface area contributed by atoms with Crippen LogP contribution in [0, 0.1) is 17.8 Å². The van der Waals surface area contributed by atoms with Gasteiger partial charge in [0.15, 0.2) is 0 Å². The fourth-order valence-electron chi connectivity index (χ4n) is 2.38. The van der Waals surface area contributed by atoms with E-state index in [-0.39, 0.29) is 0 Å². The zero-order valence-electron chi connectivity index (χ0n) is 9.77. The number of nitrogens with one attached hydrogen (secondary N) is 1. The molecule has 0 bridgehead atoms. The van der Waals surface area contributed by atoms with E-state index in [1.807, 2.05) is 0 Å². The predicted octanol–water partition coefficient (Wildman–Crippen LogP) is 2.96. The van der Waals surface area contributed by atoms with Crippen molar-refractivity contribution in [3.05, 3.63) is 0 Å². The third-order valence-electron chi connectivity index (χ3n) is 3.55. The van der Waals surface area contributed by atoms with Gasteiger partial charge in [0.1, 0.15) is 0 Å². The van der Waals surface area contributed by atoms with Crippen LogP contribution >= 0.6 is 0 Å². The van der Waals surface area contributed by atoms with E-state index >= 15 is 0 Å². The van der Waals surface area contributed by atoms with Crippen LogP contribution in [0.3, 0.4) is 0 Å². The number of hydrogen-bond acceptors (Lipinski definition) is 1. The lowest BCUT2D eigenvalue weighted by atomic mass is 9.86. The van der Waals surface area contributed by atoms with Gasteiger partial charge in [-0.1, -0.05) is 27.2 Å². The molecule has 0 aliphatic heterocycles. The topological polar surface area (TPSA) is 12.0 Å². The zero-order chi connectivity index (χ0) is 10.6. The van der Waals surface area contributed by atoms with Crippen LogP contribution in [0.5, 0.6) is 0 Å². The van der Waals surface area contributed by atoms with Crippen molar-refractivity contribution < 1.29 is 0 Å². The molecule has 1 rings (SSSR count). The van der Waals surface area contributed by atoms with E-state index in [0.717, 1.165) is 12.8 Å². The maximum Gasteiger partial charge on any atom is 0.0240 e. The van der Waals surface area contributed by atoms with Gasteiger partial charge in [-0.3, -0.25) is 0 Å². The lowest BCUT2D eigenvalue weighted by Gasteiger charge is -2.31. The van der Waals surface area contributed by atoms with Gasteiger partial charge in [0.2, 0.25) is 0 Å². The number of terminal acetylenes is 1. The molecule has 14 heavy (non-hydrogen) atoms. The molecule has 0 radical (unpaired) electrons. The molecule has 0 spiro atoms. The van der Waals surface area contributed by atoms with Crippen molar-refractivity contribution in [3.63, 3.8) is 0 Å². The molecule has 0 heterocycles. The van der Waals surface area contributed by atoms with Crippen LogP contribution in [0.25, 0.3) is 0 Å². The van der Waals surface area contributed by atoms with Gasteiger partial charge in [0.05, 0.1) is 0 Å². The van der Waals surface area contributed by atoms with Gasteiger partial charge in [-0.25, -0.2) is 0 Å². The van der Waals surface area contributed by atoms with E-state index < -0.39 is 0 Å². The first kappa shape index (κ1) is 11.6. The fourth-order valence-corrected chi connectivity index (χ4v) is 2.38. The summed E-state index contributed by atoms with van der Waals surface area (Å²) in [7, 11) is 0. The molecule has 0 aromatic carbocycles. The highest BCUT2D eigenvalue weighted by molar-refractivity contribution is 4.95. The molecule has 0 amide bonds. The van der Waals surface area contributed by atoms with Gasteiger partial charge in [0, 0.05) is 18.5 Å². The Morgan fingerprint density at radius 2 is 2.29 bits per heavy atom. The molecule has 2 atom stereocenters. The average molecular weight is 193 g/mol. The number of rotatable bonds is 4. The minimum Gasteiger partial charge on any atom is -0.310 e. The van der Waals surface area contributed by atoms with Crippen molar-refractivity contribution in [2.24, 2.45) is 5.41 Å². The molecule has 1 aliphatic rings. The van der Waals surface area contributed by atoms with Gasteiger partial charge >= 0.3 is 0 Å². The summed E-state index contributed by atoms with van der Waals surface area (Å²) in [5.74, 6) is 2.76. The Morgan fingerprint density at radius 3 is 2.71 bits per heavy atom. The molecule has 80 valence electrons. The Labute approximate surface area is 88.7 Å². The van der Waals surface area contributed by atoms with Gasteiger partial charge in [-0.2, -0.15) is 0 Å². The lowest BCUT2D eigenvalue weighted by Crippen LogP contribution is -2.43. The summed E-state index contributed by atoms with van der Waals surface area (Å²) < 4.78 is 0. The van der Waals surface area contributed by atoms with Gasteiger partial charge in [0.25, 0.3) is 0 Å². The standard InChI is InChI=1S/C13H23N/c1-5-8-11(6-2)14-12-9-7-10-13(12,3)4/h1,11-12,14H,6-10H2,2-4H3. The molecule has 1 heteroatoms. The molecular formula is C13H23N. The lowest BCUT2D eigenvalue weighted by molar-refractivity contribution is 0.259. The average Bonchev–Trinajstić information content (AvgIpc) is 2.45. The molecule has 0 aromatic heterocycles. The first-order valence-corrected chi connectivity index (χ1v) is 5.79. The third kappa shape index (κ3) is 2.75. The number of hydrogen-bond donors (Lipinski definition) is 1. The summed E-state index contributed by atoms with van der Waals surface area (Å²) in [6, 6.07) is 1.18. The van der Waals surface area contributed by atoms with Gasteiger partial charge < -0.3 is 5.32 Å². The van der Waals surface area contributed by atoms with Crippen LogP contribution in [0.4, 0.5) is 0 Å². The van der Waals surface area contributed by atoms with Crippen molar-refractivity contribution in [1.29, 1.82) is 0 Å². The molecular weight excluding hydrogens is 170 g/mol. The van der Waals surface area contributed by atoms with Crippen LogP contribution in [0.2, 0.25) is 0 Å².